The molecule has 0 aromatic carbocycles. The minimum absolute atomic E-state index is 0.00503. The molecule has 0 radical (unpaired) electrons. The number of rotatable bonds is 6. The zero-order valence-corrected chi connectivity index (χ0v) is 19.9. The number of nitrogens with two attached hydrogens (primary N) is 1. The summed E-state index contributed by atoms with van der Waals surface area (Å²) >= 11 is 0. The van der Waals surface area contributed by atoms with Gasteiger partial charge in [-0.2, -0.15) is 15.5 Å². The summed E-state index contributed by atoms with van der Waals surface area (Å²) in [4.78, 5) is 19.0. The fourth-order valence-electron chi connectivity index (χ4n) is 4.60. The summed E-state index contributed by atoms with van der Waals surface area (Å²) in [5.41, 5.74) is 9.84. The van der Waals surface area contributed by atoms with Crippen molar-refractivity contribution in [2.75, 3.05) is 23.3 Å². The molecular formula is C25H27N9O. The Bertz CT molecular complexity index is 1440. The second-order valence-corrected chi connectivity index (χ2v) is 9.52. The summed E-state index contributed by atoms with van der Waals surface area (Å²) < 4.78 is 3.63. The van der Waals surface area contributed by atoms with Crippen molar-refractivity contribution in [3.63, 3.8) is 0 Å². The number of hydrogen-bond donors (Lipinski definition) is 2. The van der Waals surface area contributed by atoms with E-state index >= 15 is 0 Å². The quantitative estimate of drug-likeness (QED) is 0.444. The van der Waals surface area contributed by atoms with Crippen molar-refractivity contribution in [2.45, 2.75) is 33.4 Å². The molecule has 0 saturated carbocycles. The molecule has 1 atom stereocenters. The molecule has 1 fully saturated rings. The first-order chi connectivity index (χ1) is 16.8. The van der Waals surface area contributed by atoms with Gasteiger partial charge in [-0.3, -0.25) is 9.48 Å². The molecule has 4 aromatic rings. The van der Waals surface area contributed by atoms with Crippen LogP contribution in [0.2, 0.25) is 0 Å². The van der Waals surface area contributed by atoms with Gasteiger partial charge in [0.15, 0.2) is 0 Å². The van der Waals surface area contributed by atoms with Crippen LogP contribution in [0.3, 0.4) is 0 Å². The van der Waals surface area contributed by atoms with Crippen molar-refractivity contribution < 1.29 is 4.79 Å². The number of primary amides is 1. The monoisotopic (exact) mass is 469 g/mol. The third kappa shape index (κ3) is 4.05. The first kappa shape index (κ1) is 22.4. The molecule has 1 amide bonds. The van der Waals surface area contributed by atoms with Crippen LogP contribution in [-0.2, 0) is 6.54 Å². The van der Waals surface area contributed by atoms with Crippen molar-refractivity contribution >= 4 is 22.9 Å². The van der Waals surface area contributed by atoms with E-state index in [0.29, 0.717) is 23.4 Å². The number of carbonyl (C=O) groups is 1. The lowest BCUT2D eigenvalue weighted by molar-refractivity contribution is 0.100. The first-order valence-corrected chi connectivity index (χ1v) is 11.5. The molecule has 1 saturated heterocycles. The standard InChI is InChI=1S/C25H27N9O/c1-4-33-12-18(10-29-33)17-7-20-23(19(24(27)35)11-30-34(20)13-17)31-21-14-32(15-25(21,2)3)22-6-5-16(8-26)9-28-22/h5-7,9-13,21,31H,4,14-15H2,1-3H3,(H2,27,35). The Morgan fingerprint density at radius 3 is 2.71 bits per heavy atom. The van der Waals surface area contributed by atoms with Crippen LogP contribution in [0.15, 0.2) is 49.2 Å². The molecule has 3 N–H and O–H groups in total. The average Bonchev–Trinajstić information content (AvgIpc) is 3.56. The van der Waals surface area contributed by atoms with Crippen molar-refractivity contribution in [3.05, 3.63) is 60.3 Å². The van der Waals surface area contributed by atoms with Crippen molar-refractivity contribution in [3.8, 4) is 17.2 Å². The largest absolute Gasteiger partial charge is 0.377 e. The molecule has 35 heavy (non-hydrogen) atoms. The Hall–Kier alpha value is -4.39. The molecule has 178 valence electrons. The summed E-state index contributed by atoms with van der Waals surface area (Å²) in [6.45, 7) is 8.62. The van der Waals surface area contributed by atoms with Crippen molar-refractivity contribution in [2.24, 2.45) is 11.1 Å². The lowest BCUT2D eigenvalue weighted by Crippen LogP contribution is -2.35. The second-order valence-electron chi connectivity index (χ2n) is 9.52. The summed E-state index contributed by atoms with van der Waals surface area (Å²) in [6, 6.07) is 7.75. The molecule has 4 aromatic heterocycles. The number of amides is 1. The Kier molecular flexibility index (Phi) is 5.40. The predicted molar refractivity (Wildman–Crippen MR) is 133 cm³/mol. The van der Waals surface area contributed by atoms with E-state index < -0.39 is 5.91 Å². The van der Waals surface area contributed by atoms with Crippen LogP contribution in [0.25, 0.3) is 16.6 Å². The molecule has 1 aliphatic heterocycles. The summed E-state index contributed by atoms with van der Waals surface area (Å²) in [5, 5.41) is 21.5. The van der Waals surface area contributed by atoms with E-state index in [1.165, 1.54) is 6.20 Å². The summed E-state index contributed by atoms with van der Waals surface area (Å²) in [5.74, 6) is 0.278. The third-order valence-electron chi connectivity index (χ3n) is 6.66. The van der Waals surface area contributed by atoms with Crippen LogP contribution in [0.5, 0.6) is 0 Å². The van der Waals surface area contributed by atoms with E-state index in [1.54, 1.807) is 16.8 Å². The molecule has 1 unspecified atom stereocenters. The number of hydrogen-bond acceptors (Lipinski definition) is 7. The maximum Gasteiger partial charge on any atom is 0.252 e. The number of aromatic nitrogens is 5. The molecule has 10 nitrogen and oxygen atoms in total. The molecule has 0 bridgehead atoms. The van der Waals surface area contributed by atoms with Crippen molar-refractivity contribution in [1.29, 1.82) is 5.26 Å². The SMILES string of the molecule is CCn1cc(-c2cc3c(NC4CN(c5ccc(C#N)cn5)CC4(C)C)c(C(N)=O)cnn3c2)cn1. The number of carbonyl (C=O) groups excluding carboxylic acids is 1. The molecule has 1 aliphatic rings. The maximum atomic E-state index is 12.3. The Balaban J connectivity index is 1.50. The van der Waals surface area contributed by atoms with Gasteiger partial charge in [0, 0.05) is 54.8 Å². The minimum atomic E-state index is -0.537. The topological polar surface area (TPSA) is 130 Å². The highest BCUT2D eigenvalue weighted by Crippen LogP contribution is 2.36. The van der Waals surface area contributed by atoms with Gasteiger partial charge in [-0.1, -0.05) is 13.8 Å². The van der Waals surface area contributed by atoms with Crippen molar-refractivity contribution in [1.82, 2.24) is 24.4 Å². The molecule has 5 rings (SSSR count). The normalized spacial score (nSPS) is 17.0. The van der Waals surface area contributed by atoms with E-state index in [9.17, 15) is 4.79 Å². The Morgan fingerprint density at radius 1 is 1.23 bits per heavy atom. The number of fused-ring (bicyclic) bond motifs is 1. The average molecular weight is 470 g/mol. The van der Waals surface area contributed by atoms with E-state index in [0.717, 1.165) is 35.6 Å². The molecular weight excluding hydrogens is 442 g/mol. The van der Waals surface area contributed by atoms with Gasteiger partial charge in [-0.25, -0.2) is 9.50 Å². The number of nitrogens with one attached hydrogen (secondary N) is 1. The van der Waals surface area contributed by atoms with E-state index in [1.807, 2.05) is 42.3 Å². The van der Waals surface area contributed by atoms with Gasteiger partial charge in [-0.15, -0.1) is 0 Å². The van der Waals surface area contributed by atoms with Gasteiger partial charge in [0.05, 0.1) is 40.8 Å². The van der Waals surface area contributed by atoms with Gasteiger partial charge in [0.2, 0.25) is 0 Å². The lowest BCUT2D eigenvalue weighted by atomic mass is 9.87. The van der Waals surface area contributed by atoms with Gasteiger partial charge in [0.1, 0.15) is 11.9 Å². The highest BCUT2D eigenvalue weighted by atomic mass is 16.1. The Labute approximate surface area is 203 Å². The van der Waals surface area contributed by atoms with Crippen LogP contribution >= 0.6 is 0 Å². The Morgan fingerprint density at radius 2 is 2.06 bits per heavy atom. The van der Waals surface area contributed by atoms with Gasteiger partial charge in [0.25, 0.3) is 5.91 Å². The fraction of sp³-hybridized carbons (Fsp3) is 0.320. The molecule has 0 aliphatic carbocycles. The highest BCUT2D eigenvalue weighted by Gasteiger charge is 2.40. The molecule has 10 heteroatoms. The fourth-order valence-corrected chi connectivity index (χ4v) is 4.60. The third-order valence-corrected chi connectivity index (χ3v) is 6.66. The number of nitrogens with zero attached hydrogens (tertiary/aromatic N) is 7. The van der Waals surface area contributed by atoms with Crippen LogP contribution in [-0.4, -0.2) is 49.4 Å². The zero-order chi connectivity index (χ0) is 24.7. The number of pyridine rings is 1. The summed E-state index contributed by atoms with van der Waals surface area (Å²) in [7, 11) is 0. The molecule has 5 heterocycles. The van der Waals surface area contributed by atoms with Crippen LogP contribution in [0, 0.1) is 16.7 Å². The maximum absolute atomic E-state index is 12.3. The van der Waals surface area contributed by atoms with E-state index in [2.05, 4.69) is 45.3 Å². The van der Waals surface area contributed by atoms with Crippen LogP contribution in [0.4, 0.5) is 11.5 Å². The van der Waals surface area contributed by atoms with Gasteiger partial charge >= 0.3 is 0 Å². The smallest absolute Gasteiger partial charge is 0.252 e. The van der Waals surface area contributed by atoms with Crippen LogP contribution in [0.1, 0.15) is 36.7 Å². The zero-order valence-electron chi connectivity index (χ0n) is 19.9. The second kappa shape index (κ2) is 8.43. The number of nitriles is 1. The highest BCUT2D eigenvalue weighted by molar-refractivity contribution is 6.02. The number of anilines is 2. The van der Waals surface area contributed by atoms with E-state index in [4.69, 9.17) is 11.0 Å². The number of aryl methyl sites for hydroxylation is 1. The summed E-state index contributed by atoms with van der Waals surface area (Å²) in [6.07, 6.45) is 8.83. The predicted octanol–water partition coefficient (Wildman–Crippen LogP) is 2.91. The van der Waals surface area contributed by atoms with Gasteiger partial charge < -0.3 is 16.0 Å². The minimum Gasteiger partial charge on any atom is -0.377 e. The van der Waals surface area contributed by atoms with Gasteiger partial charge in [-0.05, 0) is 25.1 Å². The van der Waals surface area contributed by atoms with E-state index in [-0.39, 0.29) is 11.5 Å². The lowest BCUT2D eigenvalue weighted by Gasteiger charge is -2.28. The molecule has 0 spiro atoms. The van der Waals surface area contributed by atoms with Crippen LogP contribution < -0.4 is 16.0 Å². The first-order valence-electron chi connectivity index (χ1n) is 11.5.